The lowest BCUT2D eigenvalue weighted by molar-refractivity contribution is 0.0979. The van der Waals surface area contributed by atoms with Crippen LogP contribution in [0.2, 0.25) is 0 Å². The molecule has 0 radical (unpaired) electrons. The molecule has 0 saturated heterocycles. The monoisotopic (exact) mass is 297 g/mol. The van der Waals surface area contributed by atoms with Gasteiger partial charge in [-0.2, -0.15) is 0 Å². The van der Waals surface area contributed by atoms with Gasteiger partial charge in [0.05, 0.1) is 0 Å². The number of methoxy groups -OCH3 is 1. The number of halogens is 1. The first kappa shape index (κ1) is 18.1. The van der Waals surface area contributed by atoms with Crippen LogP contribution in [0.3, 0.4) is 0 Å². The van der Waals surface area contributed by atoms with E-state index in [9.17, 15) is 4.39 Å². The van der Waals surface area contributed by atoms with Crippen molar-refractivity contribution >= 4 is 0 Å². The zero-order valence-corrected chi connectivity index (χ0v) is 13.2. The normalized spacial score (nSPS) is 12.5. The van der Waals surface area contributed by atoms with E-state index in [1.54, 1.807) is 13.2 Å². The Hall–Kier alpha value is -0.970. The van der Waals surface area contributed by atoms with Gasteiger partial charge in [0.2, 0.25) is 0 Å². The van der Waals surface area contributed by atoms with Crippen LogP contribution in [-0.4, -0.2) is 40.0 Å². The van der Waals surface area contributed by atoms with Gasteiger partial charge in [-0.1, -0.05) is 25.1 Å². The molecule has 120 valence electrons. The summed E-state index contributed by atoms with van der Waals surface area (Å²) in [6.45, 7) is 5.94. The third-order valence-electron chi connectivity index (χ3n) is 3.41. The highest BCUT2D eigenvalue weighted by Crippen LogP contribution is 2.22. The number of hydrogen-bond acceptors (Lipinski definition) is 3. The van der Waals surface area contributed by atoms with Crippen LogP contribution in [-0.2, 0) is 9.47 Å². The highest BCUT2D eigenvalue weighted by atomic mass is 19.1. The maximum Gasteiger partial charge on any atom is 0.126 e. The summed E-state index contributed by atoms with van der Waals surface area (Å²) in [5.41, 5.74) is 0.779. The molecule has 0 amide bonds. The van der Waals surface area contributed by atoms with Gasteiger partial charge in [-0.15, -0.1) is 0 Å². The fraction of sp³-hybridized carbons (Fsp3) is 0.647. The molecule has 0 aliphatic heterocycles. The van der Waals surface area contributed by atoms with E-state index in [4.69, 9.17) is 9.47 Å². The van der Waals surface area contributed by atoms with Crippen molar-refractivity contribution in [2.24, 2.45) is 0 Å². The predicted molar refractivity (Wildman–Crippen MR) is 84.2 cm³/mol. The minimum Gasteiger partial charge on any atom is -0.385 e. The first-order valence-corrected chi connectivity index (χ1v) is 7.81. The van der Waals surface area contributed by atoms with Crippen LogP contribution >= 0.6 is 0 Å². The number of ether oxygens (including phenoxy) is 2. The molecule has 0 spiro atoms. The first-order valence-electron chi connectivity index (χ1n) is 7.81. The summed E-state index contributed by atoms with van der Waals surface area (Å²) in [6, 6.07) is 7.03. The summed E-state index contributed by atoms with van der Waals surface area (Å²) in [5, 5.41) is 3.38. The van der Waals surface area contributed by atoms with Gasteiger partial charge in [-0.3, -0.25) is 0 Å². The van der Waals surface area contributed by atoms with Crippen molar-refractivity contribution in [1.29, 1.82) is 0 Å². The molecule has 21 heavy (non-hydrogen) atoms. The van der Waals surface area contributed by atoms with Crippen LogP contribution in [0.4, 0.5) is 4.39 Å². The molecule has 0 saturated carbocycles. The lowest BCUT2D eigenvalue weighted by Gasteiger charge is -2.19. The standard InChI is InChI=1S/C17H28FNO2/c1-3-10-19-14-15(9-13-21-12-6-11-20-2)16-7-4-5-8-17(16)18/h4-5,7-8,15,19H,3,6,9-14H2,1-2H3. The van der Waals surface area contributed by atoms with E-state index >= 15 is 0 Å². The molecule has 0 aliphatic carbocycles. The van der Waals surface area contributed by atoms with E-state index in [0.717, 1.165) is 44.5 Å². The Balaban J connectivity index is 2.43. The van der Waals surface area contributed by atoms with Crippen LogP contribution < -0.4 is 5.32 Å². The molecule has 0 aromatic heterocycles. The zero-order valence-electron chi connectivity index (χ0n) is 13.2. The summed E-state index contributed by atoms with van der Waals surface area (Å²) in [7, 11) is 1.69. The molecule has 1 atom stereocenters. The SMILES string of the molecule is CCCNCC(CCOCCCOC)c1ccccc1F. The van der Waals surface area contributed by atoms with Crippen LogP contribution in [0.1, 0.15) is 37.7 Å². The van der Waals surface area contributed by atoms with Crippen molar-refractivity contribution in [2.45, 2.75) is 32.1 Å². The number of nitrogens with one attached hydrogen (secondary N) is 1. The quantitative estimate of drug-likeness (QED) is 0.600. The number of benzene rings is 1. The summed E-state index contributed by atoms with van der Waals surface area (Å²) in [4.78, 5) is 0. The molecule has 1 unspecified atom stereocenters. The van der Waals surface area contributed by atoms with Gasteiger partial charge in [0, 0.05) is 39.4 Å². The van der Waals surface area contributed by atoms with E-state index in [1.165, 1.54) is 6.07 Å². The van der Waals surface area contributed by atoms with Crippen LogP contribution in [0.15, 0.2) is 24.3 Å². The van der Waals surface area contributed by atoms with Gasteiger partial charge in [-0.05, 0) is 37.4 Å². The lowest BCUT2D eigenvalue weighted by Crippen LogP contribution is -2.24. The highest BCUT2D eigenvalue weighted by Gasteiger charge is 2.15. The van der Waals surface area contributed by atoms with E-state index < -0.39 is 0 Å². The Morgan fingerprint density at radius 1 is 1.19 bits per heavy atom. The largest absolute Gasteiger partial charge is 0.385 e. The minimum atomic E-state index is -0.125. The molecule has 0 aliphatic rings. The van der Waals surface area contributed by atoms with Crippen molar-refractivity contribution in [3.8, 4) is 0 Å². The van der Waals surface area contributed by atoms with Gasteiger partial charge in [-0.25, -0.2) is 4.39 Å². The third kappa shape index (κ3) is 7.55. The maximum atomic E-state index is 13.9. The van der Waals surface area contributed by atoms with Gasteiger partial charge < -0.3 is 14.8 Å². The Bertz CT molecular complexity index is 374. The summed E-state index contributed by atoms with van der Waals surface area (Å²) >= 11 is 0. The highest BCUT2D eigenvalue weighted by molar-refractivity contribution is 5.22. The Morgan fingerprint density at radius 2 is 2.00 bits per heavy atom. The first-order chi connectivity index (χ1) is 10.3. The predicted octanol–water partition coefficient (Wildman–Crippen LogP) is 3.35. The maximum absolute atomic E-state index is 13.9. The van der Waals surface area contributed by atoms with Crippen molar-refractivity contribution < 1.29 is 13.9 Å². The molecule has 4 heteroatoms. The molecular weight excluding hydrogens is 269 g/mol. The molecular formula is C17H28FNO2. The third-order valence-corrected chi connectivity index (χ3v) is 3.41. The number of hydrogen-bond donors (Lipinski definition) is 1. The van der Waals surface area contributed by atoms with Crippen molar-refractivity contribution in [3.05, 3.63) is 35.6 Å². The minimum absolute atomic E-state index is 0.125. The fourth-order valence-corrected chi connectivity index (χ4v) is 2.26. The molecule has 1 aromatic carbocycles. The molecule has 1 rings (SSSR count). The van der Waals surface area contributed by atoms with Crippen molar-refractivity contribution in [3.63, 3.8) is 0 Å². The average Bonchev–Trinajstić information content (AvgIpc) is 2.50. The summed E-state index contributed by atoms with van der Waals surface area (Å²) < 4.78 is 24.5. The summed E-state index contributed by atoms with van der Waals surface area (Å²) in [5.74, 6) is 0.0281. The molecule has 3 nitrogen and oxygen atoms in total. The molecule has 1 aromatic rings. The molecule has 0 heterocycles. The van der Waals surface area contributed by atoms with Gasteiger partial charge in [0.15, 0.2) is 0 Å². The fourth-order valence-electron chi connectivity index (χ4n) is 2.26. The van der Waals surface area contributed by atoms with E-state index in [1.807, 2.05) is 12.1 Å². The average molecular weight is 297 g/mol. The van der Waals surface area contributed by atoms with E-state index in [2.05, 4.69) is 12.2 Å². The second kappa shape index (κ2) is 11.7. The zero-order chi connectivity index (χ0) is 15.3. The van der Waals surface area contributed by atoms with Gasteiger partial charge >= 0.3 is 0 Å². The number of rotatable bonds is 12. The topological polar surface area (TPSA) is 30.5 Å². The molecule has 0 bridgehead atoms. The lowest BCUT2D eigenvalue weighted by atomic mass is 9.95. The van der Waals surface area contributed by atoms with Crippen LogP contribution in [0.5, 0.6) is 0 Å². The van der Waals surface area contributed by atoms with Crippen molar-refractivity contribution in [1.82, 2.24) is 5.32 Å². The van der Waals surface area contributed by atoms with E-state index in [-0.39, 0.29) is 11.7 Å². The second-order valence-corrected chi connectivity index (χ2v) is 5.17. The van der Waals surface area contributed by atoms with Crippen LogP contribution in [0, 0.1) is 5.82 Å². The van der Waals surface area contributed by atoms with Crippen LogP contribution in [0.25, 0.3) is 0 Å². The van der Waals surface area contributed by atoms with Gasteiger partial charge in [0.1, 0.15) is 5.82 Å². The smallest absolute Gasteiger partial charge is 0.126 e. The summed E-state index contributed by atoms with van der Waals surface area (Å²) in [6.07, 6.45) is 2.80. The van der Waals surface area contributed by atoms with Crippen molar-refractivity contribution in [2.75, 3.05) is 40.0 Å². The van der Waals surface area contributed by atoms with E-state index in [0.29, 0.717) is 13.2 Å². The molecule has 1 N–H and O–H groups in total. The Kier molecular flexibility index (Phi) is 10.0. The second-order valence-electron chi connectivity index (χ2n) is 5.17. The van der Waals surface area contributed by atoms with Gasteiger partial charge in [0.25, 0.3) is 0 Å². The Morgan fingerprint density at radius 3 is 2.71 bits per heavy atom. The Labute approximate surface area is 127 Å². The molecule has 0 fully saturated rings.